The van der Waals surface area contributed by atoms with E-state index in [0.717, 1.165) is 23.4 Å². The zero-order valence-corrected chi connectivity index (χ0v) is 16.6. The Morgan fingerprint density at radius 1 is 1.19 bits per heavy atom. The van der Waals surface area contributed by atoms with Gasteiger partial charge in [-0.3, -0.25) is 0 Å². The minimum absolute atomic E-state index is 0.387. The normalized spacial score (nSPS) is 24.6. The lowest BCUT2D eigenvalue weighted by atomic mass is 9.86. The zero-order valence-electron chi connectivity index (χ0n) is 15.8. The van der Waals surface area contributed by atoms with Crippen LogP contribution in [0.1, 0.15) is 56.7 Å². The molecule has 4 rings (SSSR count). The Bertz CT molecular complexity index is 769. The van der Waals surface area contributed by atoms with Gasteiger partial charge in [-0.2, -0.15) is 0 Å². The molecule has 142 valence electrons. The van der Waals surface area contributed by atoms with Crippen LogP contribution in [-0.2, 0) is 19.4 Å². The highest BCUT2D eigenvalue weighted by Gasteiger charge is 2.24. The molecule has 0 bridgehead atoms. The first kappa shape index (κ1) is 18.3. The van der Waals surface area contributed by atoms with Gasteiger partial charge in [-0.05, 0) is 56.1 Å². The summed E-state index contributed by atoms with van der Waals surface area (Å²) in [6.45, 7) is 3.62. The van der Waals surface area contributed by atoms with Crippen molar-refractivity contribution in [3.8, 4) is 0 Å². The van der Waals surface area contributed by atoms with Crippen LogP contribution < -0.4 is 5.32 Å². The number of benzene rings is 1. The number of aliphatic hydroxyl groups excluding tert-OH is 1. The molecular weight excluding hydrogens is 344 g/mol. The van der Waals surface area contributed by atoms with Gasteiger partial charge in [-0.15, -0.1) is 0 Å². The number of fused-ring (bicyclic) bond motifs is 3. The predicted molar refractivity (Wildman–Crippen MR) is 109 cm³/mol. The number of hydrogen-bond acceptors (Lipinski definition) is 2. The topological polar surface area (TPSA) is 37.2 Å². The fraction of sp³-hybridized carbons (Fsp3) is 0.636. The van der Waals surface area contributed by atoms with Crippen LogP contribution in [0, 0.1) is 5.92 Å². The Hall–Kier alpha value is -1.03. The number of para-hydroxylation sites is 1. The highest BCUT2D eigenvalue weighted by atomic mass is 35.5. The molecule has 2 aliphatic rings. The van der Waals surface area contributed by atoms with Crippen molar-refractivity contribution in [3.05, 3.63) is 34.5 Å². The molecule has 26 heavy (non-hydrogen) atoms. The molecule has 0 unspecified atom stereocenters. The molecule has 0 aliphatic heterocycles. The summed E-state index contributed by atoms with van der Waals surface area (Å²) < 4.78 is 2.31. The molecule has 0 spiro atoms. The Kier molecular flexibility index (Phi) is 5.58. The van der Waals surface area contributed by atoms with Gasteiger partial charge in [0.15, 0.2) is 0 Å². The number of aliphatic hydroxyl groups is 1. The second-order valence-electron chi connectivity index (χ2n) is 8.31. The van der Waals surface area contributed by atoms with E-state index in [1.165, 1.54) is 55.2 Å². The van der Waals surface area contributed by atoms with Crippen LogP contribution in [0.4, 0.5) is 0 Å². The minimum Gasteiger partial charge on any atom is -0.390 e. The van der Waals surface area contributed by atoms with E-state index in [9.17, 15) is 5.11 Å². The van der Waals surface area contributed by atoms with Gasteiger partial charge in [-0.25, -0.2) is 0 Å². The quantitative estimate of drug-likeness (QED) is 0.795. The second kappa shape index (κ2) is 7.92. The van der Waals surface area contributed by atoms with Crippen molar-refractivity contribution >= 4 is 22.5 Å². The third-order valence-electron chi connectivity index (χ3n) is 6.47. The van der Waals surface area contributed by atoms with Crippen LogP contribution in [0.3, 0.4) is 0 Å². The van der Waals surface area contributed by atoms with Crippen LogP contribution in [0.25, 0.3) is 10.9 Å². The predicted octanol–water partition coefficient (Wildman–Crippen LogP) is 4.70. The second-order valence-corrected chi connectivity index (χ2v) is 8.72. The van der Waals surface area contributed by atoms with Crippen LogP contribution in [-0.4, -0.2) is 28.4 Å². The Morgan fingerprint density at radius 2 is 2.00 bits per heavy atom. The van der Waals surface area contributed by atoms with Crippen LogP contribution in [0.5, 0.6) is 0 Å². The summed E-state index contributed by atoms with van der Waals surface area (Å²) in [5.74, 6) is 0.713. The van der Waals surface area contributed by atoms with Crippen molar-refractivity contribution in [2.75, 3.05) is 6.54 Å². The third-order valence-corrected chi connectivity index (χ3v) is 6.77. The fourth-order valence-corrected chi connectivity index (χ4v) is 5.31. The molecule has 0 saturated heterocycles. The standard InChI is InChI=1S/C22H31ClN2O/c1-15-7-2-4-11-20(15)24-13-16(26)14-25-21-12-5-3-8-17(21)18-9-6-10-19(23)22(18)25/h6,9-10,15-16,20,24,26H,2-5,7-8,11-14H2,1H3/t15-,16-,20-/m1/s1. The van der Waals surface area contributed by atoms with Crippen molar-refractivity contribution in [2.24, 2.45) is 5.92 Å². The average molecular weight is 375 g/mol. The fourth-order valence-electron chi connectivity index (χ4n) is 5.03. The molecule has 1 aromatic heterocycles. The summed E-state index contributed by atoms with van der Waals surface area (Å²) >= 11 is 6.57. The molecule has 1 aromatic carbocycles. The third kappa shape index (κ3) is 3.54. The van der Waals surface area contributed by atoms with Crippen LogP contribution in [0.15, 0.2) is 18.2 Å². The minimum atomic E-state index is -0.387. The molecule has 2 aliphatic carbocycles. The first-order valence-electron chi connectivity index (χ1n) is 10.3. The number of aryl methyl sites for hydroxylation is 1. The van der Waals surface area contributed by atoms with Crippen molar-refractivity contribution in [1.82, 2.24) is 9.88 Å². The molecular formula is C22H31ClN2O. The van der Waals surface area contributed by atoms with E-state index in [4.69, 9.17) is 11.6 Å². The highest BCUT2D eigenvalue weighted by molar-refractivity contribution is 6.35. The van der Waals surface area contributed by atoms with Gasteiger partial charge in [0, 0.05) is 23.7 Å². The number of nitrogens with zero attached hydrogens (tertiary/aromatic N) is 1. The smallest absolute Gasteiger partial charge is 0.0843 e. The maximum atomic E-state index is 10.8. The molecule has 0 radical (unpaired) electrons. The first-order chi connectivity index (χ1) is 12.6. The summed E-state index contributed by atoms with van der Waals surface area (Å²) in [7, 11) is 0. The van der Waals surface area contributed by atoms with Gasteiger partial charge in [0.05, 0.1) is 23.2 Å². The molecule has 4 heteroatoms. The SMILES string of the molecule is C[C@@H]1CCCC[C@H]1NC[C@@H](O)Cn1c2c(c3cccc(Cl)c31)CCCC2. The molecule has 3 nitrogen and oxygen atoms in total. The van der Waals surface area contributed by atoms with Gasteiger partial charge in [0.2, 0.25) is 0 Å². The first-order valence-corrected chi connectivity index (χ1v) is 10.7. The van der Waals surface area contributed by atoms with Crippen molar-refractivity contribution in [3.63, 3.8) is 0 Å². The summed E-state index contributed by atoms with van der Waals surface area (Å²) in [5, 5.41) is 16.5. The highest BCUT2D eigenvalue weighted by Crippen LogP contribution is 2.35. The summed E-state index contributed by atoms with van der Waals surface area (Å²) in [6, 6.07) is 6.76. The number of aromatic nitrogens is 1. The van der Waals surface area contributed by atoms with E-state index >= 15 is 0 Å². The Balaban J connectivity index is 1.53. The van der Waals surface area contributed by atoms with Gasteiger partial charge in [0.25, 0.3) is 0 Å². The lowest BCUT2D eigenvalue weighted by molar-refractivity contribution is 0.138. The number of halogens is 1. The Morgan fingerprint density at radius 3 is 2.85 bits per heavy atom. The number of nitrogens with one attached hydrogen (secondary N) is 1. The molecule has 3 atom stereocenters. The van der Waals surface area contributed by atoms with Crippen LogP contribution in [0.2, 0.25) is 5.02 Å². The molecule has 1 fully saturated rings. The summed E-state index contributed by atoms with van der Waals surface area (Å²) in [5.41, 5.74) is 3.96. The van der Waals surface area contributed by atoms with E-state index in [-0.39, 0.29) is 6.10 Å². The van der Waals surface area contributed by atoms with Crippen molar-refractivity contribution in [1.29, 1.82) is 0 Å². The van der Waals surface area contributed by atoms with Crippen molar-refractivity contribution in [2.45, 2.75) is 77.0 Å². The molecule has 2 aromatic rings. The number of hydrogen-bond donors (Lipinski definition) is 2. The van der Waals surface area contributed by atoms with Gasteiger partial charge in [-0.1, -0.05) is 43.5 Å². The zero-order chi connectivity index (χ0) is 18.1. The van der Waals surface area contributed by atoms with E-state index in [0.29, 0.717) is 25.0 Å². The molecule has 1 saturated carbocycles. The lowest BCUT2D eigenvalue weighted by Gasteiger charge is -2.30. The largest absolute Gasteiger partial charge is 0.390 e. The van der Waals surface area contributed by atoms with Gasteiger partial charge < -0.3 is 15.0 Å². The lowest BCUT2D eigenvalue weighted by Crippen LogP contribution is -2.42. The average Bonchev–Trinajstić information content (AvgIpc) is 2.96. The van der Waals surface area contributed by atoms with Crippen LogP contribution >= 0.6 is 11.6 Å². The Labute approximate surface area is 161 Å². The molecule has 1 heterocycles. The summed E-state index contributed by atoms with van der Waals surface area (Å²) in [4.78, 5) is 0. The maximum Gasteiger partial charge on any atom is 0.0843 e. The van der Waals surface area contributed by atoms with E-state index in [2.05, 4.69) is 22.9 Å². The van der Waals surface area contributed by atoms with E-state index in [1.807, 2.05) is 12.1 Å². The van der Waals surface area contributed by atoms with E-state index < -0.39 is 0 Å². The molecule has 2 N–H and O–H groups in total. The van der Waals surface area contributed by atoms with E-state index in [1.54, 1.807) is 0 Å². The number of rotatable bonds is 5. The van der Waals surface area contributed by atoms with Crippen molar-refractivity contribution < 1.29 is 5.11 Å². The molecule has 0 amide bonds. The monoisotopic (exact) mass is 374 g/mol. The summed E-state index contributed by atoms with van der Waals surface area (Å²) in [6.07, 6.45) is 9.53. The maximum absolute atomic E-state index is 10.8. The van der Waals surface area contributed by atoms with Gasteiger partial charge >= 0.3 is 0 Å². The van der Waals surface area contributed by atoms with Gasteiger partial charge in [0.1, 0.15) is 0 Å².